The molecule has 2 atom stereocenters. The molecule has 33 heavy (non-hydrogen) atoms. The van der Waals surface area contributed by atoms with E-state index in [1.807, 2.05) is 0 Å². The zero-order valence-corrected chi connectivity index (χ0v) is 18.5. The van der Waals surface area contributed by atoms with Gasteiger partial charge in [-0.1, -0.05) is 48.6 Å². The number of halogens is 1. The van der Waals surface area contributed by atoms with Gasteiger partial charge in [-0.2, -0.15) is 9.78 Å². The molecule has 0 spiro atoms. The van der Waals surface area contributed by atoms with E-state index in [1.54, 1.807) is 30.4 Å². The summed E-state index contributed by atoms with van der Waals surface area (Å²) in [5.41, 5.74) is -0.798. The minimum atomic E-state index is -3.40. The second kappa shape index (κ2) is 8.38. The Kier molecular flexibility index (Phi) is 5.73. The van der Waals surface area contributed by atoms with E-state index in [9.17, 15) is 22.7 Å². The van der Waals surface area contributed by atoms with Crippen LogP contribution in [0.5, 0.6) is 0 Å². The van der Waals surface area contributed by atoms with Crippen LogP contribution in [0.15, 0.2) is 101 Å². The van der Waals surface area contributed by atoms with Crippen molar-refractivity contribution in [1.82, 2.24) is 9.78 Å². The van der Waals surface area contributed by atoms with Crippen molar-refractivity contribution in [3.63, 3.8) is 0 Å². The van der Waals surface area contributed by atoms with Gasteiger partial charge in [0.1, 0.15) is 5.82 Å². The van der Waals surface area contributed by atoms with Crippen LogP contribution in [0.1, 0.15) is 0 Å². The van der Waals surface area contributed by atoms with Crippen LogP contribution >= 0.6 is 0 Å². The molecule has 0 aliphatic heterocycles. The van der Waals surface area contributed by atoms with Crippen LogP contribution in [0, 0.1) is 11.7 Å². The van der Waals surface area contributed by atoms with Crippen molar-refractivity contribution < 1.29 is 17.9 Å². The van der Waals surface area contributed by atoms with Crippen molar-refractivity contribution in [2.75, 3.05) is 6.26 Å². The third-order valence-electron chi connectivity index (χ3n) is 5.56. The molecule has 0 saturated heterocycles. The lowest BCUT2D eigenvalue weighted by molar-refractivity contribution is -0.0286. The number of aliphatic hydroxyl groups is 1. The van der Waals surface area contributed by atoms with Gasteiger partial charge in [-0.25, -0.2) is 12.8 Å². The first-order valence-electron chi connectivity index (χ1n) is 10.1. The van der Waals surface area contributed by atoms with E-state index >= 15 is 0 Å². The standard InChI is InChI=1S/C25H21FN2O4S/c1-3-19-6-4-5-15-25(19,30)28-24(29)23(18-7-11-20(26)12-8-18)22(16-27-28)17-9-13-21(14-10-17)33(2,31)32/h3-16,19,30H,1H2,2H3. The van der Waals surface area contributed by atoms with E-state index in [-0.39, 0.29) is 10.5 Å². The molecule has 0 radical (unpaired) electrons. The summed E-state index contributed by atoms with van der Waals surface area (Å²) in [6, 6.07) is 11.5. The van der Waals surface area contributed by atoms with E-state index in [0.717, 1.165) is 10.9 Å². The van der Waals surface area contributed by atoms with Crippen LogP contribution < -0.4 is 5.56 Å². The van der Waals surface area contributed by atoms with E-state index in [4.69, 9.17) is 0 Å². The summed E-state index contributed by atoms with van der Waals surface area (Å²) in [7, 11) is -3.40. The lowest BCUT2D eigenvalue weighted by Crippen LogP contribution is -2.47. The molecule has 8 heteroatoms. The molecule has 2 unspecified atom stereocenters. The second-order valence-electron chi connectivity index (χ2n) is 7.74. The van der Waals surface area contributed by atoms with E-state index in [1.165, 1.54) is 54.7 Å². The highest BCUT2D eigenvalue weighted by Crippen LogP contribution is 2.33. The number of hydrogen-bond acceptors (Lipinski definition) is 5. The molecule has 0 saturated carbocycles. The van der Waals surface area contributed by atoms with Gasteiger partial charge in [0, 0.05) is 17.7 Å². The van der Waals surface area contributed by atoms with Crippen LogP contribution in [-0.4, -0.2) is 29.6 Å². The first-order chi connectivity index (χ1) is 15.6. The predicted octanol–water partition coefficient (Wildman–Crippen LogP) is 3.69. The Bertz CT molecular complexity index is 1440. The summed E-state index contributed by atoms with van der Waals surface area (Å²) in [4.78, 5) is 13.8. The second-order valence-corrected chi connectivity index (χ2v) is 9.76. The molecule has 6 nitrogen and oxygen atoms in total. The number of hydrogen-bond donors (Lipinski definition) is 1. The maximum atomic E-state index is 13.7. The smallest absolute Gasteiger partial charge is 0.278 e. The van der Waals surface area contributed by atoms with Gasteiger partial charge in [-0.15, -0.1) is 6.58 Å². The Morgan fingerprint density at radius 1 is 1.09 bits per heavy atom. The van der Waals surface area contributed by atoms with E-state index in [0.29, 0.717) is 16.7 Å². The van der Waals surface area contributed by atoms with Crippen LogP contribution in [0.3, 0.4) is 0 Å². The monoisotopic (exact) mass is 464 g/mol. The summed E-state index contributed by atoms with van der Waals surface area (Å²) in [5.74, 6) is -1.06. The third-order valence-corrected chi connectivity index (χ3v) is 6.69. The lowest BCUT2D eigenvalue weighted by Gasteiger charge is -2.32. The van der Waals surface area contributed by atoms with Gasteiger partial charge in [0.15, 0.2) is 15.6 Å². The zero-order chi connectivity index (χ0) is 23.8. The van der Waals surface area contributed by atoms with Crippen molar-refractivity contribution in [2.24, 2.45) is 5.92 Å². The Morgan fingerprint density at radius 3 is 2.33 bits per heavy atom. The summed E-state index contributed by atoms with van der Waals surface area (Å²) in [6.45, 7) is 3.74. The fourth-order valence-electron chi connectivity index (χ4n) is 3.80. The number of aromatic nitrogens is 2. The highest BCUT2D eigenvalue weighted by molar-refractivity contribution is 7.90. The average Bonchev–Trinajstić information content (AvgIpc) is 2.79. The predicted molar refractivity (Wildman–Crippen MR) is 125 cm³/mol. The van der Waals surface area contributed by atoms with Gasteiger partial charge < -0.3 is 5.11 Å². The first kappa shape index (κ1) is 22.6. The molecule has 1 aliphatic rings. The Balaban J connectivity index is 1.97. The van der Waals surface area contributed by atoms with Crippen molar-refractivity contribution >= 4 is 9.84 Å². The zero-order valence-electron chi connectivity index (χ0n) is 17.7. The molecule has 0 amide bonds. The highest BCUT2D eigenvalue weighted by atomic mass is 32.2. The number of benzene rings is 2. The van der Waals surface area contributed by atoms with Crippen LogP contribution in [0.2, 0.25) is 0 Å². The van der Waals surface area contributed by atoms with E-state index in [2.05, 4.69) is 11.7 Å². The summed E-state index contributed by atoms with van der Waals surface area (Å²) < 4.78 is 38.2. The molecule has 1 aromatic heterocycles. The van der Waals surface area contributed by atoms with Crippen molar-refractivity contribution in [1.29, 1.82) is 0 Å². The Hall–Kier alpha value is -3.62. The average molecular weight is 465 g/mol. The van der Waals surface area contributed by atoms with Gasteiger partial charge >= 0.3 is 0 Å². The van der Waals surface area contributed by atoms with Crippen LogP contribution in [-0.2, 0) is 15.6 Å². The molecule has 0 bridgehead atoms. The number of nitrogens with zero attached hydrogens (tertiary/aromatic N) is 2. The van der Waals surface area contributed by atoms with E-state index < -0.39 is 32.9 Å². The van der Waals surface area contributed by atoms with Crippen molar-refractivity contribution in [2.45, 2.75) is 10.6 Å². The largest absolute Gasteiger partial charge is 0.365 e. The van der Waals surface area contributed by atoms with Crippen molar-refractivity contribution in [3.05, 3.63) is 108 Å². The van der Waals surface area contributed by atoms with Crippen molar-refractivity contribution in [3.8, 4) is 22.3 Å². The molecule has 4 rings (SSSR count). The summed E-state index contributed by atoms with van der Waals surface area (Å²) in [6.07, 6.45) is 10.6. The SMILES string of the molecule is C=CC1C=CC=CC1(O)n1ncc(-c2ccc(S(C)(=O)=O)cc2)c(-c2ccc(F)cc2)c1=O. The molecular formula is C25H21FN2O4S. The van der Waals surface area contributed by atoms with Gasteiger partial charge in [0.05, 0.1) is 16.7 Å². The molecule has 3 aromatic rings. The van der Waals surface area contributed by atoms with Crippen LogP contribution in [0.25, 0.3) is 22.3 Å². The minimum Gasteiger partial charge on any atom is -0.365 e. The Morgan fingerprint density at radius 2 is 1.73 bits per heavy atom. The number of rotatable bonds is 5. The van der Waals surface area contributed by atoms with Gasteiger partial charge in [-0.3, -0.25) is 4.79 Å². The maximum Gasteiger partial charge on any atom is 0.278 e. The number of allylic oxidation sites excluding steroid dienone is 2. The molecule has 2 aromatic carbocycles. The van der Waals surface area contributed by atoms with Gasteiger partial charge in [-0.05, 0) is 41.5 Å². The quantitative estimate of drug-likeness (QED) is 0.582. The molecule has 1 heterocycles. The lowest BCUT2D eigenvalue weighted by atomic mass is 9.90. The fourth-order valence-corrected chi connectivity index (χ4v) is 4.43. The highest BCUT2D eigenvalue weighted by Gasteiger charge is 2.37. The van der Waals surface area contributed by atoms with Gasteiger partial charge in [0.25, 0.3) is 5.56 Å². The summed E-state index contributed by atoms with van der Waals surface area (Å²) >= 11 is 0. The molecular weight excluding hydrogens is 443 g/mol. The molecule has 168 valence electrons. The normalized spacial score (nSPS) is 20.0. The minimum absolute atomic E-state index is 0.137. The molecule has 1 aliphatic carbocycles. The topological polar surface area (TPSA) is 89.3 Å². The van der Waals surface area contributed by atoms with Gasteiger partial charge in [0.2, 0.25) is 0 Å². The first-order valence-corrected chi connectivity index (χ1v) is 11.9. The Labute approximate surface area is 190 Å². The molecule has 0 fully saturated rings. The molecule has 1 N–H and O–H groups in total. The maximum absolute atomic E-state index is 13.7. The fraction of sp³-hybridized carbons (Fsp3) is 0.120. The summed E-state index contributed by atoms with van der Waals surface area (Å²) in [5, 5.41) is 15.6. The number of sulfone groups is 1. The third kappa shape index (κ3) is 4.10. The van der Waals surface area contributed by atoms with Crippen LogP contribution in [0.4, 0.5) is 4.39 Å².